The van der Waals surface area contributed by atoms with Crippen molar-refractivity contribution in [3.05, 3.63) is 72.6 Å². The van der Waals surface area contributed by atoms with Crippen LogP contribution in [0.3, 0.4) is 0 Å². The quantitative estimate of drug-likeness (QED) is 0.681. The van der Waals surface area contributed by atoms with Gasteiger partial charge in [-0.2, -0.15) is 0 Å². The van der Waals surface area contributed by atoms with Gasteiger partial charge in [0.1, 0.15) is 18.1 Å². The molecule has 144 valence electrons. The standard InChI is InChI=1S/C22H24N4O2/c1-17-9-12-25(13-10-17)22(27)21-4-2-3-18(24-21)15-28-20-7-5-19(6-8-20)26-14-11-23-16-26/h2-8,11,14,16-17H,9-10,12-13,15H2,1H3. The number of likely N-dealkylation sites (tertiary alicyclic amines) is 1. The normalized spacial score (nSPS) is 14.8. The van der Waals surface area contributed by atoms with Crippen LogP contribution in [0.25, 0.3) is 5.69 Å². The Morgan fingerprint density at radius 1 is 1.14 bits per heavy atom. The second-order valence-corrected chi connectivity index (χ2v) is 7.24. The Bertz CT molecular complexity index is 914. The molecule has 1 fully saturated rings. The zero-order valence-electron chi connectivity index (χ0n) is 16.0. The van der Waals surface area contributed by atoms with Crippen molar-refractivity contribution in [3.8, 4) is 11.4 Å². The molecule has 2 aromatic heterocycles. The number of aromatic nitrogens is 3. The fourth-order valence-electron chi connectivity index (χ4n) is 3.34. The summed E-state index contributed by atoms with van der Waals surface area (Å²) in [6, 6.07) is 13.3. The zero-order valence-corrected chi connectivity index (χ0v) is 16.0. The van der Waals surface area contributed by atoms with Crippen LogP contribution in [0.2, 0.25) is 0 Å². The van der Waals surface area contributed by atoms with E-state index in [1.165, 1.54) is 0 Å². The van der Waals surface area contributed by atoms with Crippen LogP contribution in [0.15, 0.2) is 61.2 Å². The summed E-state index contributed by atoms with van der Waals surface area (Å²) in [6.45, 7) is 4.18. The molecule has 1 aliphatic rings. The number of pyridine rings is 1. The van der Waals surface area contributed by atoms with E-state index in [9.17, 15) is 4.79 Å². The summed E-state index contributed by atoms with van der Waals surface area (Å²) in [4.78, 5) is 23.2. The van der Waals surface area contributed by atoms with E-state index >= 15 is 0 Å². The van der Waals surface area contributed by atoms with E-state index < -0.39 is 0 Å². The SMILES string of the molecule is CC1CCN(C(=O)c2cccc(COc3ccc(-n4ccnc4)cc3)n2)CC1. The number of ether oxygens (including phenoxy) is 1. The maximum absolute atomic E-state index is 12.7. The molecule has 6 heteroatoms. The molecule has 1 saturated heterocycles. The van der Waals surface area contributed by atoms with E-state index in [-0.39, 0.29) is 5.91 Å². The maximum atomic E-state index is 12.7. The van der Waals surface area contributed by atoms with Crippen molar-refractivity contribution in [1.29, 1.82) is 0 Å². The van der Waals surface area contributed by atoms with Gasteiger partial charge in [-0.15, -0.1) is 0 Å². The van der Waals surface area contributed by atoms with Gasteiger partial charge in [0, 0.05) is 31.2 Å². The summed E-state index contributed by atoms with van der Waals surface area (Å²) < 4.78 is 7.78. The molecule has 0 saturated carbocycles. The number of hydrogen-bond donors (Lipinski definition) is 0. The van der Waals surface area contributed by atoms with E-state index in [0.717, 1.165) is 43.1 Å². The minimum Gasteiger partial charge on any atom is -0.487 e. The number of amides is 1. The second-order valence-electron chi connectivity index (χ2n) is 7.24. The average Bonchev–Trinajstić information content (AvgIpc) is 3.28. The van der Waals surface area contributed by atoms with Gasteiger partial charge in [0.15, 0.2) is 0 Å². The molecule has 1 aliphatic heterocycles. The van der Waals surface area contributed by atoms with Crippen LogP contribution in [0, 0.1) is 5.92 Å². The van der Waals surface area contributed by atoms with E-state index in [2.05, 4.69) is 16.9 Å². The summed E-state index contributed by atoms with van der Waals surface area (Å²) in [5, 5.41) is 0. The van der Waals surface area contributed by atoms with Gasteiger partial charge in [-0.05, 0) is 55.2 Å². The van der Waals surface area contributed by atoms with Gasteiger partial charge < -0.3 is 14.2 Å². The minimum absolute atomic E-state index is 0.0124. The Hall–Kier alpha value is -3.15. The lowest BCUT2D eigenvalue weighted by molar-refractivity contribution is 0.0690. The third-order valence-electron chi connectivity index (χ3n) is 5.12. The smallest absolute Gasteiger partial charge is 0.272 e. The number of nitrogens with zero attached hydrogens (tertiary/aromatic N) is 4. The van der Waals surface area contributed by atoms with Crippen molar-refractivity contribution in [2.45, 2.75) is 26.4 Å². The fourth-order valence-corrected chi connectivity index (χ4v) is 3.34. The number of carbonyl (C=O) groups is 1. The molecule has 0 atom stereocenters. The molecule has 28 heavy (non-hydrogen) atoms. The maximum Gasteiger partial charge on any atom is 0.272 e. The summed E-state index contributed by atoms with van der Waals surface area (Å²) in [5.74, 6) is 1.46. The minimum atomic E-state index is 0.0124. The van der Waals surface area contributed by atoms with Gasteiger partial charge in [0.2, 0.25) is 0 Å². The molecule has 0 radical (unpaired) electrons. The van der Waals surface area contributed by atoms with Crippen molar-refractivity contribution >= 4 is 5.91 Å². The Labute approximate surface area is 164 Å². The first kappa shape index (κ1) is 18.2. The summed E-state index contributed by atoms with van der Waals surface area (Å²) in [7, 11) is 0. The zero-order chi connectivity index (χ0) is 19.3. The monoisotopic (exact) mass is 376 g/mol. The molecule has 0 N–H and O–H groups in total. The van der Waals surface area contributed by atoms with Crippen molar-refractivity contribution in [2.75, 3.05) is 13.1 Å². The van der Waals surface area contributed by atoms with E-state index in [1.807, 2.05) is 52.1 Å². The van der Waals surface area contributed by atoms with Crippen molar-refractivity contribution in [2.24, 2.45) is 5.92 Å². The molecular formula is C22H24N4O2. The molecule has 1 aromatic carbocycles. The Morgan fingerprint density at radius 3 is 2.64 bits per heavy atom. The van der Waals surface area contributed by atoms with Gasteiger partial charge in [0.05, 0.1) is 12.0 Å². The summed E-state index contributed by atoms with van der Waals surface area (Å²) in [6.07, 6.45) is 7.51. The predicted molar refractivity (Wildman–Crippen MR) is 106 cm³/mol. The van der Waals surface area contributed by atoms with Crippen LogP contribution in [0.5, 0.6) is 5.75 Å². The molecule has 0 bridgehead atoms. The highest BCUT2D eigenvalue weighted by Gasteiger charge is 2.22. The third kappa shape index (κ3) is 4.22. The number of imidazole rings is 1. The van der Waals surface area contributed by atoms with Crippen molar-refractivity contribution < 1.29 is 9.53 Å². The second kappa shape index (κ2) is 8.25. The molecule has 0 unspecified atom stereocenters. The van der Waals surface area contributed by atoms with Crippen molar-refractivity contribution in [3.63, 3.8) is 0 Å². The van der Waals surface area contributed by atoms with Crippen molar-refractivity contribution in [1.82, 2.24) is 19.4 Å². The largest absolute Gasteiger partial charge is 0.487 e. The van der Waals surface area contributed by atoms with Gasteiger partial charge in [-0.25, -0.2) is 9.97 Å². The fraction of sp³-hybridized carbons (Fsp3) is 0.318. The van der Waals surface area contributed by atoms with Crippen LogP contribution in [0.4, 0.5) is 0 Å². The molecule has 4 rings (SSSR count). The lowest BCUT2D eigenvalue weighted by Crippen LogP contribution is -2.38. The topological polar surface area (TPSA) is 60.2 Å². The highest BCUT2D eigenvalue weighted by Crippen LogP contribution is 2.19. The summed E-state index contributed by atoms with van der Waals surface area (Å²) >= 11 is 0. The molecule has 3 heterocycles. The number of carbonyl (C=O) groups excluding carboxylic acids is 1. The first-order chi connectivity index (χ1) is 13.7. The van der Waals surface area contributed by atoms with Gasteiger partial charge in [0.25, 0.3) is 5.91 Å². The first-order valence-electron chi connectivity index (χ1n) is 9.65. The third-order valence-corrected chi connectivity index (χ3v) is 5.12. The molecular weight excluding hydrogens is 352 g/mol. The highest BCUT2D eigenvalue weighted by molar-refractivity contribution is 5.92. The predicted octanol–water partition coefficient (Wildman–Crippen LogP) is 3.72. The van der Waals surface area contributed by atoms with Gasteiger partial charge in [-0.1, -0.05) is 13.0 Å². The molecule has 6 nitrogen and oxygen atoms in total. The van der Waals surface area contributed by atoms with Crippen LogP contribution in [-0.4, -0.2) is 38.4 Å². The van der Waals surface area contributed by atoms with Crippen LogP contribution in [-0.2, 0) is 6.61 Å². The lowest BCUT2D eigenvalue weighted by atomic mass is 9.99. The van der Waals surface area contributed by atoms with E-state index in [0.29, 0.717) is 18.2 Å². The van der Waals surface area contributed by atoms with E-state index in [1.54, 1.807) is 18.6 Å². The Balaban J connectivity index is 1.37. The average molecular weight is 376 g/mol. The van der Waals surface area contributed by atoms with Gasteiger partial charge in [-0.3, -0.25) is 4.79 Å². The summed E-state index contributed by atoms with van der Waals surface area (Å²) in [5.41, 5.74) is 2.26. The first-order valence-corrected chi connectivity index (χ1v) is 9.65. The number of benzene rings is 1. The molecule has 1 amide bonds. The lowest BCUT2D eigenvalue weighted by Gasteiger charge is -2.30. The van der Waals surface area contributed by atoms with Crippen LogP contribution >= 0.6 is 0 Å². The number of rotatable bonds is 5. The van der Waals surface area contributed by atoms with Crippen LogP contribution < -0.4 is 4.74 Å². The molecule has 0 spiro atoms. The van der Waals surface area contributed by atoms with Gasteiger partial charge >= 0.3 is 0 Å². The highest BCUT2D eigenvalue weighted by atomic mass is 16.5. The van der Waals surface area contributed by atoms with Crippen LogP contribution in [0.1, 0.15) is 35.9 Å². The Kier molecular flexibility index (Phi) is 5.37. The van der Waals surface area contributed by atoms with E-state index in [4.69, 9.17) is 4.74 Å². The number of hydrogen-bond acceptors (Lipinski definition) is 4. The molecule has 3 aromatic rings. The number of piperidine rings is 1. The molecule has 0 aliphatic carbocycles. The Morgan fingerprint density at radius 2 is 1.93 bits per heavy atom.